The Morgan fingerprint density at radius 3 is 1.84 bits per heavy atom. The van der Waals surface area contributed by atoms with Crippen LogP contribution in [-0.2, 0) is 9.57 Å². The third-order valence-electron chi connectivity index (χ3n) is 2.24. The minimum Gasteiger partial charge on any atom is -0.442 e. The van der Waals surface area contributed by atoms with Crippen LogP contribution < -0.4 is 0 Å². The molecule has 0 unspecified atom stereocenters. The first-order valence-corrected chi connectivity index (χ1v) is 6.61. The highest BCUT2D eigenvalue weighted by Crippen LogP contribution is 2.13. The second kappa shape index (κ2) is 7.21. The zero-order chi connectivity index (χ0) is 15.2. The van der Waals surface area contributed by atoms with Crippen LogP contribution in [0.5, 0.6) is 0 Å². The van der Waals surface area contributed by atoms with E-state index in [0.717, 1.165) is 5.06 Å². The molecule has 0 fully saturated rings. The van der Waals surface area contributed by atoms with Gasteiger partial charge in [0, 0.05) is 13.1 Å². The summed E-state index contributed by atoms with van der Waals surface area (Å²) >= 11 is 0. The number of hydrogen-bond acceptors (Lipinski definition) is 4. The molecule has 0 bridgehead atoms. The summed E-state index contributed by atoms with van der Waals surface area (Å²) in [5.41, 5.74) is -0.633. The van der Waals surface area contributed by atoms with Gasteiger partial charge in [0.15, 0.2) is 0 Å². The smallest absolute Gasteiger partial charge is 0.442 e. The summed E-state index contributed by atoms with van der Waals surface area (Å²) in [5, 5.41) is 0.964. The zero-order valence-electron chi connectivity index (χ0n) is 13.0. The first-order valence-electron chi connectivity index (χ1n) is 6.61. The fraction of sp³-hybridized carbons (Fsp3) is 0.846. The molecule has 0 atom stereocenters. The van der Waals surface area contributed by atoms with E-state index in [1.54, 1.807) is 34.6 Å². The van der Waals surface area contributed by atoms with Gasteiger partial charge >= 0.3 is 12.2 Å². The second-order valence-corrected chi connectivity index (χ2v) is 5.43. The molecule has 19 heavy (non-hydrogen) atoms. The lowest BCUT2D eigenvalue weighted by molar-refractivity contribution is -0.126. The Kier molecular flexibility index (Phi) is 6.65. The van der Waals surface area contributed by atoms with E-state index in [-0.39, 0.29) is 6.04 Å². The quantitative estimate of drug-likeness (QED) is 0.742. The highest BCUT2D eigenvalue weighted by atomic mass is 16.8. The topological polar surface area (TPSA) is 59.1 Å². The number of amides is 2. The third-order valence-corrected chi connectivity index (χ3v) is 2.24. The van der Waals surface area contributed by atoms with Crippen LogP contribution in [0, 0.1) is 0 Å². The Hall–Kier alpha value is -1.46. The summed E-state index contributed by atoms with van der Waals surface area (Å²) in [6, 6.07) is -0.297. The first kappa shape index (κ1) is 17.5. The summed E-state index contributed by atoms with van der Waals surface area (Å²) in [6.45, 7) is 13.5. The molecule has 6 heteroatoms. The van der Waals surface area contributed by atoms with Gasteiger partial charge in [-0.1, -0.05) is 0 Å². The van der Waals surface area contributed by atoms with Crippen molar-refractivity contribution in [2.45, 2.75) is 60.1 Å². The fourth-order valence-corrected chi connectivity index (χ4v) is 1.28. The van der Waals surface area contributed by atoms with Gasteiger partial charge in [0.05, 0.1) is 6.04 Å². The van der Waals surface area contributed by atoms with Crippen molar-refractivity contribution in [3.8, 4) is 0 Å². The zero-order valence-corrected chi connectivity index (χ0v) is 13.0. The molecule has 0 aliphatic rings. The van der Waals surface area contributed by atoms with Crippen molar-refractivity contribution in [2.75, 3.05) is 13.1 Å². The van der Waals surface area contributed by atoms with Crippen LogP contribution in [0.4, 0.5) is 9.59 Å². The molecule has 0 saturated heterocycles. The Bertz CT molecular complexity index is 306. The molecule has 0 rings (SSSR count). The minimum atomic E-state index is -0.664. The Balaban J connectivity index is 4.75. The first-order chi connectivity index (χ1) is 8.62. The van der Waals surface area contributed by atoms with Gasteiger partial charge < -0.3 is 14.5 Å². The number of carbonyl (C=O) groups is 2. The maximum absolute atomic E-state index is 11.9. The van der Waals surface area contributed by atoms with Crippen LogP contribution in [-0.4, -0.2) is 46.9 Å². The molecule has 0 aliphatic carbocycles. The molecular formula is C13H26N2O4. The summed E-state index contributed by atoms with van der Waals surface area (Å²) in [4.78, 5) is 30.4. The molecule has 2 amide bonds. The van der Waals surface area contributed by atoms with Crippen molar-refractivity contribution >= 4 is 12.2 Å². The van der Waals surface area contributed by atoms with Gasteiger partial charge in [-0.2, -0.15) is 0 Å². The van der Waals surface area contributed by atoms with Gasteiger partial charge in [-0.25, -0.2) is 9.59 Å². The van der Waals surface area contributed by atoms with Crippen LogP contribution >= 0.6 is 0 Å². The monoisotopic (exact) mass is 274 g/mol. The van der Waals surface area contributed by atoms with Gasteiger partial charge in [0.1, 0.15) is 5.60 Å². The maximum atomic E-state index is 11.9. The Morgan fingerprint density at radius 2 is 1.53 bits per heavy atom. The number of hydroxylamine groups is 2. The van der Waals surface area contributed by atoms with Gasteiger partial charge in [-0.15, -0.1) is 5.06 Å². The predicted octanol–water partition coefficient (Wildman–Crippen LogP) is 3.03. The highest BCUT2D eigenvalue weighted by molar-refractivity contribution is 5.72. The normalized spacial score (nSPS) is 11.2. The van der Waals surface area contributed by atoms with E-state index in [1.807, 2.05) is 13.8 Å². The van der Waals surface area contributed by atoms with Crippen molar-refractivity contribution in [3.63, 3.8) is 0 Å². The lowest BCUT2D eigenvalue weighted by Gasteiger charge is -2.30. The van der Waals surface area contributed by atoms with Crippen LogP contribution in [0.25, 0.3) is 0 Å². The molecule has 0 saturated carbocycles. The number of nitrogens with zero attached hydrogens (tertiary/aromatic N) is 2. The summed E-state index contributed by atoms with van der Waals surface area (Å²) in [5.74, 6) is 0. The molecule has 0 spiro atoms. The molecule has 0 aromatic carbocycles. The second-order valence-electron chi connectivity index (χ2n) is 5.43. The standard InChI is InChI=1S/C13H26N2O4/c1-8-14(9-2)11(16)19-15(10(3)4)12(17)18-13(5,6)7/h10H,8-9H2,1-7H3. The van der Waals surface area contributed by atoms with E-state index in [4.69, 9.17) is 9.57 Å². The molecule has 112 valence electrons. The average Bonchev–Trinajstić information content (AvgIpc) is 2.24. The fourth-order valence-electron chi connectivity index (χ4n) is 1.28. The lowest BCUT2D eigenvalue weighted by atomic mass is 10.2. The van der Waals surface area contributed by atoms with Crippen molar-refractivity contribution in [3.05, 3.63) is 0 Å². The van der Waals surface area contributed by atoms with Crippen molar-refractivity contribution < 1.29 is 19.2 Å². The lowest BCUT2D eigenvalue weighted by Crippen LogP contribution is -2.45. The van der Waals surface area contributed by atoms with Gasteiger partial charge in [0.2, 0.25) is 0 Å². The molecule has 0 aromatic rings. The van der Waals surface area contributed by atoms with Gasteiger partial charge in [-0.05, 0) is 48.5 Å². The SMILES string of the molecule is CCN(CC)C(=O)ON(C(=O)OC(C)(C)C)C(C)C. The summed E-state index contributed by atoms with van der Waals surface area (Å²) in [6.07, 6.45) is -1.22. The molecule has 6 nitrogen and oxygen atoms in total. The summed E-state index contributed by atoms with van der Waals surface area (Å²) < 4.78 is 5.20. The van der Waals surface area contributed by atoms with Gasteiger partial charge in [0.25, 0.3) is 0 Å². The number of carbonyl (C=O) groups excluding carboxylic acids is 2. The van der Waals surface area contributed by atoms with Crippen LogP contribution in [0.1, 0.15) is 48.5 Å². The number of rotatable bonds is 3. The van der Waals surface area contributed by atoms with Gasteiger partial charge in [-0.3, -0.25) is 0 Å². The van der Waals surface area contributed by atoms with E-state index >= 15 is 0 Å². The van der Waals surface area contributed by atoms with Crippen molar-refractivity contribution in [2.24, 2.45) is 0 Å². The Morgan fingerprint density at radius 1 is 1.05 bits per heavy atom. The van der Waals surface area contributed by atoms with E-state index in [0.29, 0.717) is 13.1 Å². The number of hydrogen-bond donors (Lipinski definition) is 0. The predicted molar refractivity (Wildman–Crippen MR) is 72.6 cm³/mol. The molecule has 0 aliphatic heterocycles. The molecule has 0 aromatic heterocycles. The van der Waals surface area contributed by atoms with Crippen LogP contribution in [0.3, 0.4) is 0 Å². The van der Waals surface area contributed by atoms with E-state index in [9.17, 15) is 9.59 Å². The van der Waals surface area contributed by atoms with E-state index in [1.165, 1.54) is 4.90 Å². The summed E-state index contributed by atoms with van der Waals surface area (Å²) in [7, 11) is 0. The van der Waals surface area contributed by atoms with Crippen molar-refractivity contribution in [1.29, 1.82) is 0 Å². The minimum absolute atomic E-state index is 0.297. The molecular weight excluding hydrogens is 248 g/mol. The van der Waals surface area contributed by atoms with Crippen LogP contribution in [0.15, 0.2) is 0 Å². The van der Waals surface area contributed by atoms with Crippen LogP contribution in [0.2, 0.25) is 0 Å². The largest absolute Gasteiger partial charge is 0.444 e. The Labute approximate surface area is 115 Å². The van der Waals surface area contributed by atoms with E-state index in [2.05, 4.69) is 0 Å². The van der Waals surface area contributed by atoms with E-state index < -0.39 is 17.8 Å². The number of ether oxygens (including phenoxy) is 1. The van der Waals surface area contributed by atoms with Crippen molar-refractivity contribution in [1.82, 2.24) is 9.96 Å². The highest BCUT2D eigenvalue weighted by Gasteiger charge is 2.28. The third kappa shape index (κ3) is 6.31. The molecule has 0 N–H and O–H groups in total. The maximum Gasteiger partial charge on any atom is 0.444 e. The molecule has 0 radical (unpaired) electrons. The average molecular weight is 274 g/mol. The molecule has 0 heterocycles.